The molecular formula is C13H18F2N2O2. The van der Waals surface area contributed by atoms with Crippen molar-refractivity contribution in [2.45, 2.75) is 13.3 Å². The van der Waals surface area contributed by atoms with Crippen molar-refractivity contribution in [3.63, 3.8) is 0 Å². The summed E-state index contributed by atoms with van der Waals surface area (Å²) in [5, 5.41) is 5.72. The van der Waals surface area contributed by atoms with Crippen molar-refractivity contribution >= 4 is 11.6 Å². The van der Waals surface area contributed by atoms with E-state index in [-0.39, 0.29) is 19.1 Å². The van der Waals surface area contributed by atoms with Gasteiger partial charge in [-0.05, 0) is 31.2 Å². The largest absolute Gasteiger partial charge is 0.385 e. The Labute approximate surface area is 111 Å². The van der Waals surface area contributed by atoms with Crippen LogP contribution in [-0.4, -0.2) is 38.6 Å². The second-order valence-corrected chi connectivity index (χ2v) is 3.83. The van der Waals surface area contributed by atoms with Gasteiger partial charge in [0.05, 0.1) is 6.61 Å². The van der Waals surface area contributed by atoms with Gasteiger partial charge in [-0.2, -0.15) is 0 Å². The van der Waals surface area contributed by atoms with E-state index in [1.165, 1.54) is 0 Å². The molecule has 0 radical (unpaired) electrons. The minimum atomic E-state index is -2.48. The van der Waals surface area contributed by atoms with Crippen molar-refractivity contribution in [2.75, 3.05) is 31.6 Å². The highest BCUT2D eigenvalue weighted by Gasteiger charge is 2.05. The molecule has 6 heteroatoms. The summed E-state index contributed by atoms with van der Waals surface area (Å²) >= 11 is 0. The molecule has 0 aliphatic carbocycles. The first kappa shape index (κ1) is 15.4. The van der Waals surface area contributed by atoms with Gasteiger partial charge in [0.25, 0.3) is 12.3 Å². The van der Waals surface area contributed by atoms with E-state index in [4.69, 9.17) is 0 Å². The fraction of sp³-hybridized carbons (Fsp3) is 0.462. The highest BCUT2D eigenvalue weighted by Crippen LogP contribution is 2.08. The van der Waals surface area contributed by atoms with Crippen LogP contribution in [0.3, 0.4) is 0 Å². The van der Waals surface area contributed by atoms with Crippen LogP contribution >= 0.6 is 0 Å². The first-order chi connectivity index (χ1) is 9.13. The van der Waals surface area contributed by atoms with E-state index in [1.54, 1.807) is 12.1 Å². The average Bonchev–Trinajstić information content (AvgIpc) is 2.39. The molecule has 0 fully saturated rings. The number of carbonyl (C=O) groups excluding carboxylic acids is 1. The summed E-state index contributed by atoms with van der Waals surface area (Å²) in [6.45, 7) is 2.48. The van der Waals surface area contributed by atoms with Crippen LogP contribution < -0.4 is 10.6 Å². The van der Waals surface area contributed by atoms with E-state index in [2.05, 4.69) is 15.4 Å². The topological polar surface area (TPSA) is 50.4 Å². The van der Waals surface area contributed by atoms with Gasteiger partial charge in [0.1, 0.15) is 6.61 Å². The Kier molecular flexibility index (Phi) is 6.81. The third-order valence-electron chi connectivity index (χ3n) is 2.30. The van der Waals surface area contributed by atoms with E-state index in [1.807, 2.05) is 19.1 Å². The van der Waals surface area contributed by atoms with Gasteiger partial charge in [0, 0.05) is 24.3 Å². The number of hydrogen-bond acceptors (Lipinski definition) is 3. The Morgan fingerprint density at radius 2 is 2.00 bits per heavy atom. The Bertz CT molecular complexity index is 383. The standard InChI is InChI=1S/C13H18F2N2O2/c1-2-16-11-5-3-10(4-6-11)13(18)17-7-8-19-9-12(14)15/h3-6,12,16H,2,7-9H2,1H3,(H,17,18). The molecule has 0 heterocycles. The predicted octanol–water partition coefficient (Wildman–Crippen LogP) is 2.13. The molecule has 106 valence electrons. The van der Waals surface area contributed by atoms with Crippen LogP contribution in [0.1, 0.15) is 17.3 Å². The molecule has 0 bridgehead atoms. The van der Waals surface area contributed by atoms with Crippen molar-refractivity contribution in [1.29, 1.82) is 0 Å². The third kappa shape index (κ3) is 6.15. The SMILES string of the molecule is CCNc1ccc(C(=O)NCCOCC(F)F)cc1. The lowest BCUT2D eigenvalue weighted by Gasteiger charge is -2.07. The minimum absolute atomic E-state index is 0.0750. The zero-order chi connectivity index (χ0) is 14.1. The first-order valence-electron chi connectivity index (χ1n) is 6.11. The predicted molar refractivity (Wildman–Crippen MR) is 69.8 cm³/mol. The second-order valence-electron chi connectivity index (χ2n) is 3.83. The van der Waals surface area contributed by atoms with Crippen molar-refractivity contribution in [3.8, 4) is 0 Å². The molecule has 0 spiro atoms. The summed E-state index contributed by atoms with van der Waals surface area (Å²) in [6.07, 6.45) is -2.48. The van der Waals surface area contributed by atoms with Gasteiger partial charge in [-0.15, -0.1) is 0 Å². The molecule has 1 aromatic carbocycles. The number of anilines is 1. The van der Waals surface area contributed by atoms with Gasteiger partial charge in [0.2, 0.25) is 0 Å². The summed E-state index contributed by atoms with van der Waals surface area (Å²) in [6, 6.07) is 7.03. The molecule has 4 nitrogen and oxygen atoms in total. The number of nitrogens with one attached hydrogen (secondary N) is 2. The molecule has 1 amide bonds. The van der Waals surface area contributed by atoms with Gasteiger partial charge in [-0.25, -0.2) is 8.78 Å². The van der Waals surface area contributed by atoms with E-state index in [0.717, 1.165) is 12.2 Å². The molecule has 19 heavy (non-hydrogen) atoms. The number of ether oxygens (including phenoxy) is 1. The lowest BCUT2D eigenvalue weighted by Crippen LogP contribution is -2.27. The molecule has 0 atom stereocenters. The zero-order valence-corrected chi connectivity index (χ0v) is 10.8. The van der Waals surface area contributed by atoms with Gasteiger partial charge >= 0.3 is 0 Å². The van der Waals surface area contributed by atoms with Crippen LogP contribution in [0.2, 0.25) is 0 Å². The van der Waals surface area contributed by atoms with Crippen LogP contribution in [-0.2, 0) is 4.74 Å². The molecule has 0 aliphatic heterocycles. The Balaban J connectivity index is 2.29. The molecule has 1 aromatic rings. The molecule has 0 saturated carbocycles. The number of benzene rings is 1. The smallest absolute Gasteiger partial charge is 0.261 e. The lowest BCUT2D eigenvalue weighted by molar-refractivity contribution is 0.0188. The van der Waals surface area contributed by atoms with Crippen LogP contribution in [0.15, 0.2) is 24.3 Å². The van der Waals surface area contributed by atoms with Crippen LogP contribution in [0.4, 0.5) is 14.5 Å². The number of hydrogen-bond donors (Lipinski definition) is 2. The molecule has 0 aromatic heterocycles. The van der Waals surface area contributed by atoms with E-state index in [0.29, 0.717) is 5.56 Å². The van der Waals surface area contributed by atoms with Gasteiger partial charge in [-0.3, -0.25) is 4.79 Å². The van der Waals surface area contributed by atoms with E-state index >= 15 is 0 Å². The average molecular weight is 272 g/mol. The van der Waals surface area contributed by atoms with Crippen molar-refractivity contribution < 1.29 is 18.3 Å². The molecule has 0 unspecified atom stereocenters. The summed E-state index contributed by atoms with van der Waals surface area (Å²) in [7, 11) is 0. The number of rotatable bonds is 8. The van der Waals surface area contributed by atoms with Gasteiger partial charge < -0.3 is 15.4 Å². The van der Waals surface area contributed by atoms with Gasteiger partial charge in [-0.1, -0.05) is 0 Å². The van der Waals surface area contributed by atoms with E-state index < -0.39 is 13.0 Å². The van der Waals surface area contributed by atoms with Gasteiger partial charge in [0.15, 0.2) is 0 Å². The molecular weight excluding hydrogens is 254 g/mol. The Morgan fingerprint density at radius 3 is 2.58 bits per heavy atom. The monoisotopic (exact) mass is 272 g/mol. The van der Waals surface area contributed by atoms with E-state index in [9.17, 15) is 13.6 Å². The summed E-state index contributed by atoms with van der Waals surface area (Å²) in [4.78, 5) is 11.7. The third-order valence-corrected chi connectivity index (χ3v) is 2.30. The maximum Gasteiger partial charge on any atom is 0.261 e. The number of amides is 1. The highest BCUT2D eigenvalue weighted by atomic mass is 19.3. The number of carbonyl (C=O) groups is 1. The molecule has 0 aliphatic rings. The number of alkyl halides is 2. The normalized spacial score (nSPS) is 10.5. The molecule has 2 N–H and O–H groups in total. The lowest BCUT2D eigenvalue weighted by atomic mass is 10.2. The highest BCUT2D eigenvalue weighted by molar-refractivity contribution is 5.94. The summed E-state index contributed by atoms with van der Waals surface area (Å²) in [5.41, 5.74) is 1.47. The molecule has 0 saturated heterocycles. The minimum Gasteiger partial charge on any atom is -0.385 e. The van der Waals surface area contributed by atoms with Crippen LogP contribution in [0, 0.1) is 0 Å². The van der Waals surface area contributed by atoms with Crippen molar-refractivity contribution in [2.24, 2.45) is 0 Å². The Morgan fingerprint density at radius 1 is 1.32 bits per heavy atom. The van der Waals surface area contributed by atoms with Crippen LogP contribution in [0.5, 0.6) is 0 Å². The fourth-order valence-corrected chi connectivity index (χ4v) is 1.45. The summed E-state index contributed by atoms with van der Waals surface area (Å²) < 4.78 is 28.2. The quantitative estimate of drug-likeness (QED) is 0.713. The van der Waals surface area contributed by atoms with Crippen molar-refractivity contribution in [3.05, 3.63) is 29.8 Å². The second kappa shape index (κ2) is 8.42. The molecule has 1 rings (SSSR count). The fourth-order valence-electron chi connectivity index (χ4n) is 1.45. The maximum absolute atomic E-state index is 11.8. The zero-order valence-electron chi connectivity index (χ0n) is 10.8. The Hall–Kier alpha value is -1.69. The first-order valence-corrected chi connectivity index (χ1v) is 6.11. The summed E-state index contributed by atoms with van der Waals surface area (Å²) in [5.74, 6) is -0.247. The number of halogens is 2. The maximum atomic E-state index is 11.8. The van der Waals surface area contributed by atoms with Crippen LogP contribution in [0.25, 0.3) is 0 Å². The van der Waals surface area contributed by atoms with Crippen molar-refractivity contribution in [1.82, 2.24) is 5.32 Å².